The van der Waals surface area contributed by atoms with Gasteiger partial charge in [0.05, 0.1) is 0 Å². The lowest BCUT2D eigenvalue weighted by Crippen LogP contribution is -2.40. The van der Waals surface area contributed by atoms with Gasteiger partial charge in [-0.05, 0) is 37.1 Å². The molecule has 1 atom stereocenters. The molecule has 1 amide bonds. The Labute approximate surface area is 105 Å². The number of nitrogens with one attached hydrogen (secondary N) is 1. The molecule has 1 heterocycles. The summed E-state index contributed by atoms with van der Waals surface area (Å²) in [6.45, 7) is 0.517. The first kappa shape index (κ1) is 12.4. The van der Waals surface area contributed by atoms with Gasteiger partial charge in [-0.3, -0.25) is 4.79 Å². The third-order valence-corrected chi connectivity index (χ3v) is 3.22. The van der Waals surface area contributed by atoms with Gasteiger partial charge in [-0.15, -0.1) is 0 Å². The Hall–Kier alpha value is -2.04. The third kappa shape index (κ3) is 2.30. The quantitative estimate of drug-likeness (QED) is 0.848. The summed E-state index contributed by atoms with van der Waals surface area (Å²) in [5.74, 6) is -1.13. The van der Waals surface area contributed by atoms with Gasteiger partial charge in [0.15, 0.2) is 0 Å². The van der Waals surface area contributed by atoms with Crippen molar-refractivity contribution in [2.45, 2.75) is 18.9 Å². The number of amides is 1. The molecule has 1 saturated heterocycles. The van der Waals surface area contributed by atoms with Crippen LogP contribution in [0.15, 0.2) is 24.3 Å². The largest absolute Gasteiger partial charge is 0.480 e. The van der Waals surface area contributed by atoms with E-state index in [2.05, 4.69) is 5.32 Å². The lowest BCUT2D eigenvalue weighted by atomic mass is 10.1. The summed E-state index contributed by atoms with van der Waals surface area (Å²) < 4.78 is 0. The molecule has 0 bridgehead atoms. The van der Waals surface area contributed by atoms with Crippen molar-refractivity contribution >= 4 is 17.6 Å². The summed E-state index contributed by atoms with van der Waals surface area (Å²) in [5, 5.41) is 12.0. The van der Waals surface area contributed by atoms with Crippen LogP contribution in [0.3, 0.4) is 0 Å². The van der Waals surface area contributed by atoms with E-state index in [1.54, 1.807) is 31.3 Å². The highest BCUT2D eigenvalue weighted by Gasteiger charge is 2.34. The van der Waals surface area contributed by atoms with E-state index in [4.69, 9.17) is 5.11 Å². The van der Waals surface area contributed by atoms with Gasteiger partial charge in [0.1, 0.15) is 6.04 Å². The number of carboxylic acid groups (broad SMARTS) is 1. The number of carbonyl (C=O) groups is 2. The molecule has 1 aliphatic rings. The van der Waals surface area contributed by atoms with E-state index in [-0.39, 0.29) is 5.91 Å². The standard InChI is InChI=1S/C13H16N2O3/c1-14-10-6-4-9(5-7-10)12(16)15-8-2-3-11(15)13(17)18/h4-7,11,14H,2-3,8H2,1H3,(H,17,18). The van der Waals surface area contributed by atoms with Crippen LogP contribution in [0.1, 0.15) is 23.2 Å². The number of carbonyl (C=O) groups excluding carboxylic acids is 1. The van der Waals surface area contributed by atoms with E-state index in [0.29, 0.717) is 18.5 Å². The average molecular weight is 248 g/mol. The number of likely N-dealkylation sites (tertiary alicyclic amines) is 1. The second-order valence-corrected chi connectivity index (χ2v) is 4.32. The fourth-order valence-electron chi connectivity index (χ4n) is 2.21. The molecular formula is C13H16N2O3. The van der Waals surface area contributed by atoms with E-state index in [0.717, 1.165) is 12.1 Å². The van der Waals surface area contributed by atoms with Gasteiger partial charge in [0, 0.05) is 24.8 Å². The summed E-state index contributed by atoms with van der Waals surface area (Å²) in [4.78, 5) is 24.7. The van der Waals surface area contributed by atoms with Crippen LogP contribution >= 0.6 is 0 Å². The van der Waals surface area contributed by atoms with Crippen molar-refractivity contribution < 1.29 is 14.7 Å². The first-order chi connectivity index (χ1) is 8.63. The minimum Gasteiger partial charge on any atom is -0.480 e. The molecule has 0 saturated carbocycles. The monoisotopic (exact) mass is 248 g/mol. The lowest BCUT2D eigenvalue weighted by Gasteiger charge is -2.21. The van der Waals surface area contributed by atoms with Crippen LogP contribution in [-0.4, -0.2) is 41.5 Å². The van der Waals surface area contributed by atoms with Crippen molar-refractivity contribution in [3.63, 3.8) is 0 Å². The van der Waals surface area contributed by atoms with Gasteiger partial charge in [-0.1, -0.05) is 0 Å². The summed E-state index contributed by atoms with van der Waals surface area (Å²) in [7, 11) is 1.80. The Morgan fingerprint density at radius 3 is 2.56 bits per heavy atom. The minimum absolute atomic E-state index is 0.206. The number of hydrogen-bond acceptors (Lipinski definition) is 3. The van der Waals surface area contributed by atoms with Gasteiger partial charge < -0.3 is 15.3 Å². The van der Waals surface area contributed by atoms with Crippen molar-refractivity contribution in [3.05, 3.63) is 29.8 Å². The van der Waals surface area contributed by atoms with Crippen LogP contribution in [0.4, 0.5) is 5.69 Å². The van der Waals surface area contributed by atoms with Crippen LogP contribution in [0.5, 0.6) is 0 Å². The maximum atomic E-state index is 12.2. The van der Waals surface area contributed by atoms with Crippen LogP contribution in [0.25, 0.3) is 0 Å². The van der Waals surface area contributed by atoms with E-state index >= 15 is 0 Å². The minimum atomic E-state index is -0.923. The molecule has 0 aromatic heterocycles. The molecule has 2 rings (SSSR count). The zero-order chi connectivity index (χ0) is 13.1. The number of rotatable bonds is 3. The van der Waals surface area contributed by atoms with E-state index < -0.39 is 12.0 Å². The highest BCUT2D eigenvalue weighted by Crippen LogP contribution is 2.21. The lowest BCUT2D eigenvalue weighted by molar-refractivity contribution is -0.141. The highest BCUT2D eigenvalue weighted by atomic mass is 16.4. The Morgan fingerprint density at radius 2 is 2.00 bits per heavy atom. The normalized spacial score (nSPS) is 18.7. The summed E-state index contributed by atoms with van der Waals surface area (Å²) >= 11 is 0. The number of anilines is 1. The van der Waals surface area contributed by atoms with Crippen molar-refractivity contribution in [1.29, 1.82) is 0 Å². The number of carboxylic acids is 1. The highest BCUT2D eigenvalue weighted by molar-refractivity contribution is 5.97. The predicted molar refractivity (Wildman–Crippen MR) is 67.7 cm³/mol. The molecule has 5 heteroatoms. The summed E-state index contributed by atoms with van der Waals surface area (Å²) in [6.07, 6.45) is 1.28. The molecule has 2 N–H and O–H groups in total. The van der Waals surface area contributed by atoms with Crippen LogP contribution in [0, 0.1) is 0 Å². The fraction of sp³-hybridized carbons (Fsp3) is 0.385. The Balaban J connectivity index is 2.17. The SMILES string of the molecule is CNc1ccc(C(=O)N2CCCC2C(=O)O)cc1. The van der Waals surface area contributed by atoms with E-state index in [1.165, 1.54) is 4.90 Å². The van der Waals surface area contributed by atoms with E-state index in [1.807, 2.05) is 0 Å². The first-order valence-corrected chi connectivity index (χ1v) is 5.95. The van der Waals surface area contributed by atoms with Crippen molar-refractivity contribution in [1.82, 2.24) is 4.90 Å². The first-order valence-electron chi connectivity index (χ1n) is 5.95. The molecule has 0 spiro atoms. The second kappa shape index (κ2) is 5.08. The molecule has 1 aromatic rings. The molecule has 1 aliphatic heterocycles. The smallest absolute Gasteiger partial charge is 0.326 e. The molecule has 1 unspecified atom stereocenters. The summed E-state index contributed by atoms with van der Waals surface area (Å²) in [5.41, 5.74) is 1.45. The Kier molecular flexibility index (Phi) is 3.50. The van der Waals surface area contributed by atoms with Gasteiger partial charge in [0.25, 0.3) is 5.91 Å². The van der Waals surface area contributed by atoms with Crippen LogP contribution in [-0.2, 0) is 4.79 Å². The fourth-order valence-corrected chi connectivity index (χ4v) is 2.21. The van der Waals surface area contributed by atoms with Gasteiger partial charge in [0.2, 0.25) is 0 Å². The van der Waals surface area contributed by atoms with Gasteiger partial charge in [-0.25, -0.2) is 4.79 Å². The van der Waals surface area contributed by atoms with Crippen LogP contribution < -0.4 is 5.32 Å². The summed E-state index contributed by atoms with van der Waals surface area (Å²) in [6, 6.07) is 6.36. The number of benzene rings is 1. The molecule has 96 valence electrons. The second-order valence-electron chi connectivity index (χ2n) is 4.32. The Bertz CT molecular complexity index is 456. The topological polar surface area (TPSA) is 69.6 Å². The molecular weight excluding hydrogens is 232 g/mol. The number of hydrogen-bond donors (Lipinski definition) is 2. The maximum absolute atomic E-state index is 12.2. The number of aliphatic carboxylic acids is 1. The van der Waals surface area contributed by atoms with Gasteiger partial charge in [-0.2, -0.15) is 0 Å². The van der Waals surface area contributed by atoms with E-state index in [9.17, 15) is 9.59 Å². The van der Waals surface area contributed by atoms with Crippen molar-refractivity contribution in [2.75, 3.05) is 18.9 Å². The van der Waals surface area contributed by atoms with Gasteiger partial charge >= 0.3 is 5.97 Å². The number of nitrogens with zero attached hydrogens (tertiary/aromatic N) is 1. The zero-order valence-electron chi connectivity index (χ0n) is 10.2. The van der Waals surface area contributed by atoms with Crippen LogP contribution in [0.2, 0.25) is 0 Å². The zero-order valence-corrected chi connectivity index (χ0v) is 10.2. The van der Waals surface area contributed by atoms with Crippen molar-refractivity contribution in [3.8, 4) is 0 Å². The molecule has 5 nitrogen and oxygen atoms in total. The molecule has 18 heavy (non-hydrogen) atoms. The molecule has 0 radical (unpaired) electrons. The molecule has 1 fully saturated rings. The predicted octanol–water partition coefficient (Wildman–Crippen LogP) is 1.42. The molecule has 0 aliphatic carbocycles. The Morgan fingerprint density at radius 1 is 1.33 bits per heavy atom. The average Bonchev–Trinajstić information content (AvgIpc) is 2.87. The van der Waals surface area contributed by atoms with Crippen molar-refractivity contribution in [2.24, 2.45) is 0 Å². The third-order valence-electron chi connectivity index (χ3n) is 3.22. The maximum Gasteiger partial charge on any atom is 0.326 e. The molecule has 1 aromatic carbocycles.